The van der Waals surface area contributed by atoms with E-state index in [2.05, 4.69) is 25.9 Å². The Hall–Kier alpha value is -4.77. The summed E-state index contributed by atoms with van der Waals surface area (Å²) in [5, 5.41) is 9.24. The first-order chi connectivity index (χ1) is 19.0. The minimum Gasteiger partial charge on any atom is -0.322 e. The summed E-state index contributed by atoms with van der Waals surface area (Å²) in [6.07, 6.45) is -2.80. The van der Waals surface area contributed by atoms with E-state index in [4.69, 9.17) is 0 Å². The Kier molecular flexibility index (Phi) is 7.22. The topological polar surface area (TPSA) is 96.0 Å². The maximum Gasteiger partial charge on any atom is 0.416 e. The number of amides is 2. The average molecular weight is 562 g/mol. The van der Waals surface area contributed by atoms with Gasteiger partial charge in [-0.15, -0.1) is 0 Å². The van der Waals surface area contributed by atoms with Crippen molar-refractivity contribution in [3.63, 3.8) is 0 Å². The number of benzene rings is 3. The van der Waals surface area contributed by atoms with Gasteiger partial charge in [0.05, 0.1) is 15.8 Å². The third kappa shape index (κ3) is 6.10. The van der Waals surface area contributed by atoms with Gasteiger partial charge in [-0.25, -0.2) is 9.97 Å². The number of halogens is 3. The van der Waals surface area contributed by atoms with Gasteiger partial charge in [0.2, 0.25) is 0 Å². The number of nitrogens with one attached hydrogen (secondary N) is 3. The number of hydrogen-bond donors (Lipinski definition) is 3. The van der Waals surface area contributed by atoms with Crippen LogP contribution in [0.4, 0.5) is 35.5 Å². The van der Waals surface area contributed by atoms with Crippen LogP contribution < -0.4 is 16.0 Å². The SMILES string of the molecule is Cc1ccc(Nc2nc3ccc(C(=O)Nc4cc(NC(=O)c5cccc(C(F)(F)F)c5)ccc4C)cc3s2)nc1. The Labute approximate surface area is 231 Å². The number of carbonyl (C=O) groups is 2. The number of thiazole rings is 1. The van der Waals surface area contributed by atoms with Crippen LogP contribution in [0.15, 0.2) is 79.0 Å². The molecule has 2 amide bonds. The highest BCUT2D eigenvalue weighted by atomic mass is 32.1. The highest BCUT2D eigenvalue weighted by molar-refractivity contribution is 7.22. The zero-order valence-corrected chi connectivity index (χ0v) is 22.1. The Morgan fingerprint density at radius 3 is 2.38 bits per heavy atom. The van der Waals surface area contributed by atoms with Crippen molar-refractivity contribution in [3.8, 4) is 0 Å². The van der Waals surface area contributed by atoms with Gasteiger partial charge in [-0.2, -0.15) is 13.2 Å². The van der Waals surface area contributed by atoms with Crippen LogP contribution in [0.2, 0.25) is 0 Å². The number of pyridine rings is 1. The molecule has 0 aliphatic rings. The van der Waals surface area contributed by atoms with Gasteiger partial charge < -0.3 is 16.0 Å². The molecular weight excluding hydrogens is 539 g/mol. The van der Waals surface area contributed by atoms with Crippen molar-refractivity contribution >= 4 is 55.7 Å². The monoisotopic (exact) mass is 561 g/mol. The first-order valence-electron chi connectivity index (χ1n) is 12.1. The van der Waals surface area contributed by atoms with Crippen molar-refractivity contribution in [3.05, 3.63) is 107 Å². The van der Waals surface area contributed by atoms with Crippen LogP contribution in [0.3, 0.4) is 0 Å². The van der Waals surface area contributed by atoms with Gasteiger partial charge in [-0.1, -0.05) is 29.5 Å². The Bertz CT molecular complexity index is 1730. The van der Waals surface area contributed by atoms with Crippen LogP contribution >= 0.6 is 11.3 Å². The van der Waals surface area contributed by atoms with Crippen molar-refractivity contribution in [2.45, 2.75) is 20.0 Å². The van der Waals surface area contributed by atoms with Crippen molar-refractivity contribution < 1.29 is 22.8 Å². The third-order valence-electron chi connectivity index (χ3n) is 5.99. The Balaban J connectivity index is 1.30. The lowest BCUT2D eigenvalue weighted by molar-refractivity contribution is -0.137. The summed E-state index contributed by atoms with van der Waals surface area (Å²) in [6.45, 7) is 3.74. The number of anilines is 4. The molecule has 11 heteroatoms. The third-order valence-corrected chi connectivity index (χ3v) is 6.93. The number of fused-ring (bicyclic) bond motifs is 1. The number of carbonyl (C=O) groups excluding carboxylic acids is 2. The van der Waals surface area contributed by atoms with E-state index in [-0.39, 0.29) is 11.5 Å². The fourth-order valence-electron chi connectivity index (χ4n) is 3.84. The van der Waals surface area contributed by atoms with E-state index in [0.29, 0.717) is 27.9 Å². The van der Waals surface area contributed by atoms with Crippen LogP contribution in [-0.2, 0) is 6.18 Å². The lowest BCUT2D eigenvalue weighted by atomic mass is 10.1. The Morgan fingerprint density at radius 2 is 1.62 bits per heavy atom. The second-order valence-electron chi connectivity index (χ2n) is 9.06. The molecule has 0 bridgehead atoms. The number of nitrogens with zero attached hydrogens (tertiary/aromatic N) is 2. The van der Waals surface area contributed by atoms with Crippen LogP contribution in [0.5, 0.6) is 0 Å². The molecule has 40 heavy (non-hydrogen) atoms. The molecule has 202 valence electrons. The fraction of sp³-hybridized carbons (Fsp3) is 0.103. The van der Waals surface area contributed by atoms with E-state index in [1.807, 2.05) is 19.1 Å². The highest BCUT2D eigenvalue weighted by Crippen LogP contribution is 2.31. The molecule has 0 aliphatic heterocycles. The average Bonchev–Trinajstić information content (AvgIpc) is 3.33. The minimum atomic E-state index is -4.56. The molecule has 0 atom stereocenters. The molecule has 3 N–H and O–H groups in total. The summed E-state index contributed by atoms with van der Waals surface area (Å²) >= 11 is 1.39. The summed E-state index contributed by atoms with van der Waals surface area (Å²) < 4.78 is 39.9. The zero-order chi connectivity index (χ0) is 28.4. The molecule has 0 saturated heterocycles. The lowest BCUT2D eigenvalue weighted by Crippen LogP contribution is -2.15. The van der Waals surface area contributed by atoms with Crippen LogP contribution in [0.1, 0.15) is 37.4 Å². The van der Waals surface area contributed by atoms with Crippen molar-refractivity contribution in [1.82, 2.24) is 9.97 Å². The van der Waals surface area contributed by atoms with E-state index in [0.717, 1.165) is 33.5 Å². The molecule has 2 aromatic heterocycles. The molecule has 3 aromatic carbocycles. The Morgan fingerprint density at radius 1 is 0.850 bits per heavy atom. The van der Waals surface area contributed by atoms with Crippen molar-refractivity contribution in [2.24, 2.45) is 0 Å². The summed E-state index contributed by atoms with van der Waals surface area (Å²) in [7, 11) is 0. The van der Waals surface area contributed by atoms with Crippen LogP contribution in [0, 0.1) is 13.8 Å². The second-order valence-corrected chi connectivity index (χ2v) is 10.1. The number of rotatable bonds is 6. The highest BCUT2D eigenvalue weighted by Gasteiger charge is 2.31. The van der Waals surface area contributed by atoms with E-state index in [9.17, 15) is 22.8 Å². The molecule has 5 rings (SSSR count). The number of hydrogen-bond acceptors (Lipinski definition) is 6. The predicted molar refractivity (Wildman–Crippen MR) is 150 cm³/mol. The van der Waals surface area contributed by atoms with E-state index in [1.54, 1.807) is 49.5 Å². The molecule has 0 fully saturated rings. The van der Waals surface area contributed by atoms with Gasteiger partial charge in [0, 0.05) is 28.7 Å². The number of aryl methyl sites for hydroxylation is 2. The molecule has 0 unspecified atom stereocenters. The molecule has 0 spiro atoms. The largest absolute Gasteiger partial charge is 0.416 e. The quantitative estimate of drug-likeness (QED) is 0.199. The number of aromatic nitrogens is 2. The first kappa shape index (κ1) is 26.8. The fourth-order valence-corrected chi connectivity index (χ4v) is 4.75. The standard InChI is InChI=1S/C29H22F3N5O2S/c1-16-6-11-25(33-15-16)37-28-36-22-10-8-19(13-24(22)40-28)27(39)35-23-14-21(9-7-17(23)2)34-26(38)18-4-3-5-20(12-18)29(30,31)32/h3-15H,1-2H3,(H,34,38)(H,35,39)(H,33,36,37). The van der Waals surface area contributed by atoms with E-state index >= 15 is 0 Å². The van der Waals surface area contributed by atoms with Crippen LogP contribution in [-0.4, -0.2) is 21.8 Å². The molecule has 0 radical (unpaired) electrons. The van der Waals surface area contributed by atoms with Gasteiger partial charge in [0.25, 0.3) is 11.8 Å². The maximum atomic E-state index is 13.1. The van der Waals surface area contributed by atoms with Gasteiger partial charge in [-0.05, 0) is 79.6 Å². The molecular formula is C29H22F3N5O2S. The lowest BCUT2D eigenvalue weighted by Gasteiger charge is -2.13. The van der Waals surface area contributed by atoms with E-state index < -0.39 is 17.6 Å². The summed E-state index contributed by atoms with van der Waals surface area (Å²) in [5.74, 6) is -0.402. The van der Waals surface area contributed by atoms with Gasteiger partial charge in [0.15, 0.2) is 5.13 Å². The summed E-state index contributed by atoms with van der Waals surface area (Å²) in [5.41, 5.74) is 2.65. The minimum absolute atomic E-state index is 0.133. The van der Waals surface area contributed by atoms with Gasteiger partial charge in [-0.3, -0.25) is 9.59 Å². The van der Waals surface area contributed by atoms with Gasteiger partial charge >= 0.3 is 6.18 Å². The first-order valence-corrected chi connectivity index (χ1v) is 12.9. The molecule has 0 aliphatic carbocycles. The van der Waals surface area contributed by atoms with Gasteiger partial charge in [0.1, 0.15) is 5.82 Å². The van der Waals surface area contributed by atoms with E-state index in [1.165, 1.54) is 23.5 Å². The van der Waals surface area contributed by atoms with Crippen LogP contribution in [0.25, 0.3) is 10.2 Å². The normalized spacial score (nSPS) is 11.3. The molecule has 2 heterocycles. The summed E-state index contributed by atoms with van der Waals surface area (Å²) in [6, 6.07) is 18.0. The summed E-state index contributed by atoms with van der Waals surface area (Å²) in [4.78, 5) is 34.6. The predicted octanol–water partition coefficient (Wildman–Crippen LogP) is 7.58. The molecule has 7 nitrogen and oxygen atoms in total. The number of alkyl halides is 3. The van der Waals surface area contributed by atoms with Crippen molar-refractivity contribution in [2.75, 3.05) is 16.0 Å². The molecule has 5 aromatic rings. The molecule has 0 saturated carbocycles. The zero-order valence-electron chi connectivity index (χ0n) is 21.3. The maximum absolute atomic E-state index is 13.1. The smallest absolute Gasteiger partial charge is 0.322 e. The van der Waals surface area contributed by atoms with Crippen molar-refractivity contribution in [1.29, 1.82) is 0 Å². The second kappa shape index (κ2) is 10.8.